The predicted molar refractivity (Wildman–Crippen MR) is 102 cm³/mol. The van der Waals surface area contributed by atoms with E-state index in [2.05, 4.69) is 29.6 Å². The zero-order valence-electron chi connectivity index (χ0n) is 14.9. The van der Waals surface area contributed by atoms with Gasteiger partial charge in [-0.15, -0.1) is 0 Å². The van der Waals surface area contributed by atoms with Crippen molar-refractivity contribution in [2.45, 2.75) is 19.4 Å². The van der Waals surface area contributed by atoms with E-state index in [4.69, 9.17) is 5.73 Å². The minimum absolute atomic E-state index is 0.0456. The van der Waals surface area contributed by atoms with Gasteiger partial charge >= 0.3 is 0 Å². The maximum Gasteiger partial charge on any atom is 0.231 e. The molecule has 1 aliphatic rings. The first-order chi connectivity index (χ1) is 12.6. The molecule has 1 fully saturated rings. The highest BCUT2D eigenvalue weighted by Crippen LogP contribution is 2.20. The summed E-state index contributed by atoms with van der Waals surface area (Å²) in [7, 11) is 0. The topological polar surface area (TPSA) is 75.4 Å². The van der Waals surface area contributed by atoms with Crippen LogP contribution < -0.4 is 11.1 Å². The third-order valence-corrected chi connectivity index (χ3v) is 4.76. The molecule has 0 aliphatic carbocycles. The summed E-state index contributed by atoms with van der Waals surface area (Å²) in [6, 6.07) is 18.4. The molecule has 0 bridgehead atoms. The molecule has 0 spiro atoms. The van der Waals surface area contributed by atoms with Gasteiger partial charge in [0.2, 0.25) is 11.8 Å². The van der Waals surface area contributed by atoms with Crippen LogP contribution in [0.2, 0.25) is 0 Å². The molecule has 3 N–H and O–H groups in total. The lowest BCUT2D eigenvalue weighted by molar-refractivity contribution is -0.128. The van der Waals surface area contributed by atoms with E-state index in [1.54, 1.807) is 0 Å². The Morgan fingerprint density at radius 1 is 1.08 bits per heavy atom. The van der Waals surface area contributed by atoms with Gasteiger partial charge in [0.25, 0.3) is 0 Å². The van der Waals surface area contributed by atoms with Crippen molar-refractivity contribution in [3.63, 3.8) is 0 Å². The van der Waals surface area contributed by atoms with E-state index in [9.17, 15) is 9.59 Å². The quantitative estimate of drug-likeness (QED) is 0.837. The number of carbonyl (C=O) groups excluding carboxylic acids is 2. The Hall–Kier alpha value is -2.66. The lowest BCUT2D eigenvalue weighted by atomic mass is 9.97. The van der Waals surface area contributed by atoms with Gasteiger partial charge in [0, 0.05) is 13.1 Å². The first kappa shape index (κ1) is 18.1. The summed E-state index contributed by atoms with van der Waals surface area (Å²) in [5, 5.41) is 3.04. The molecule has 0 aromatic heterocycles. The smallest absolute Gasteiger partial charge is 0.231 e. The van der Waals surface area contributed by atoms with Gasteiger partial charge in [0.1, 0.15) is 0 Å². The minimum atomic E-state index is -0.344. The van der Waals surface area contributed by atoms with E-state index in [1.165, 1.54) is 0 Å². The number of amides is 2. The lowest BCUT2D eigenvalue weighted by Crippen LogP contribution is -2.45. The SMILES string of the molecule is NC(=O)CN1CCC[C@H](C(=O)NCc2cccc(-c3ccccc3)c2)C1. The predicted octanol–water partition coefficient (Wildman–Crippen LogP) is 2.17. The van der Waals surface area contributed by atoms with Crippen LogP contribution in [0.5, 0.6) is 0 Å². The van der Waals surface area contributed by atoms with Gasteiger partial charge in [-0.1, -0.05) is 48.5 Å². The maximum atomic E-state index is 12.5. The Kier molecular flexibility index (Phi) is 6.02. The van der Waals surface area contributed by atoms with Crippen molar-refractivity contribution in [1.82, 2.24) is 10.2 Å². The first-order valence-electron chi connectivity index (χ1n) is 9.04. The van der Waals surface area contributed by atoms with E-state index in [1.807, 2.05) is 35.2 Å². The first-order valence-corrected chi connectivity index (χ1v) is 9.04. The Morgan fingerprint density at radius 2 is 1.85 bits per heavy atom. The van der Waals surface area contributed by atoms with Gasteiger partial charge in [-0.25, -0.2) is 0 Å². The van der Waals surface area contributed by atoms with Crippen molar-refractivity contribution < 1.29 is 9.59 Å². The standard InChI is InChI=1S/C21H25N3O2/c22-20(25)15-24-11-5-10-19(14-24)21(26)23-13-16-6-4-9-18(12-16)17-7-2-1-3-8-17/h1-4,6-9,12,19H,5,10-11,13-15H2,(H2,22,25)(H,23,26)/t19-/m0/s1. The van der Waals surface area contributed by atoms with E-state index >= 15 is 0 Å². The van der Waals surface area contributed by atoms with Crippen molar-refractivity contribution in [3.8, 4) is 11.1 Å². The highest BCUT2D eigenvalue weighted by molar-refractivity contribution is 5.79. The lowest BCUT2D eigenvalue weighted by Gasteiger charge is -2.31. The molecule has 0 unspecified atom stereocenters. The monoisotopic (exact) mass is 351 g/mol. The molecule has 1 atom stereocenters. The second-order valence-corrected chi connectivity index (χ2v) is 6.82. The molecule has 136 valence electrons. The van der Waals surface area contributed by atoms with Gasteiger partial charge in [0.05, 0.1) is 12.5 Å². The van der Waals surface area contributed by atoms with Gasteiger partial charge in [-0.2, -0.15) is 0 Å². The summed E-state index contributed by atoms with van der Waals surface area (Å²) in [4.78, 5) is 25.6. The van der Waals surface area contributed by atoms with Crippen LogP contribution in [0.4, 0.5) is 0 Å². The summed E-state index contributed by atoms with van der Waals surface area (Å²) in [6.45, 7) is 2.15. The maximum absolute atomic E-state index is 12.5. The molecule has 0 radical (unpaired) electrons. The van der Waals surface area contributed by atoms with Crippen molar-refractivity contribution in [2.75, 3.05) is 19.6 Å². The molecule has 2 amide bonds. The number of hydrogen-bond acceptors (Lipinski definition) is 3. The number of nitrogens with two attached hydrogens (primary N) is 1. The van der Waals surface area contributed by atoms with Crippen LogP contribution in [-0.4, -0.2) is 36.3 Å². The molecule has 0 saturated carbocycles. The zero-order chi connectivity index (χ0) is 18.4. The third-order valence-electron chi connectivity index (χ3n) is 4.76. The highest BCUT2D eigenvalue weighted by Gasteiger charge is 2.26. The number of likely N-dealkylation sites (tertiary alicyclic amines) is 1. The Bertz CT molecular complexity index is 761. The average molecular weight is 351 g/mol. The van der Waals surface area contributed by atoms with Gasteiger partial charge < -0.3 is 11.1 Å². The van der Waals surface area contributed by atoms with E-state index in [0.717, 1.165) is 36.1 Å². The molecule has 26 heavy (non-hydrogen) atoms. The van der Waals surface area contributed by atoms with Gasteiger partial charge in [0.15, 0.2) is 0 Å². The number of carbonyl (C=O) groups is 2. The van der Waals surface area contributed by atoms with Gasteiger partial charge in [-0.3, -0.25) is 14.5 Å². The molecule has 3 rings (SSSR count). The normalized spacial score (nSPS) is 17.6. The van der Waals surface area contributed by atoms with Crippen LogP contribution in [0.25, 0.3) is 11.1 Å². The summed E-state index contributed by atoms with van der Waals surface area (Å²) >= 11 is 0. The number of nitrogens with zero attached hydrogens (tertiary/aromatic N) is 1. The molecule has 5 nitrogen and oxygen atoms in total. The van der Waals surface area contributed by atoms with Crippen molar-refractivity contribution in [3.05, 3.63) is 60.2 Å². The fourth-order valence-electron chi connectivity index (χ4n) is 3.46. The summed E-state index contributed by atoms with van der Waals surface area (Å²) in [6.07, 6.45) is 1.76. The second kappa shape index (κ2) is 8.63. The molecular formula is C21H25N3O2. The summed E-state index contributed by atoms with van der Waals surface area (Å²) < 4.78 is 0. The molecule has 1 saturated heterocycles. The molecule has 2 aromatic carbocycles. The van der Waals surface area contributed by atoms with Crippen molar-refractivity contribution >= 4 is 11.8 Å². The Morgan fingerprint density at radius 3 is 2.62 bits per heavy atom. The Labute approximate surface area is 154 Å². The Balaban J connectivity index is 1.57. The van der Waals surface area contributed by atoms with Crippen LogP contribution in [0, 0.1) is 5.92 Å². The number of nitrogens with one attached hydrogen (secondary N) is 1. The second-order valence-electron chi connectivity index (χ2n) is 6.82. The summed E-state index contributed by atoms with van der Waals surface area (Å²) in [5.74, 6) is -0.381. The van der Waals surface area contributed by atoms with E-state index < -0.39 is 0 Å². The molecule has 1 heterocycles. The number of primary amides is 1. The summed E-state index contributed by atoms with van der Waals surface area (Å²) in [5.41, 5.74) is 8.64. The molecular weight excluding hydrogens is 326 g/mol. The van der Waals surface area contributed by atoms with E-state index in [0.29, 0.717) is 13.1 Å². The van der Waals surface area contributed by atoms with Crippen molar-refractivity contribution in [2.24, 2.45) is 11.7 Å². The number of benzene rings is 2. The van der Waals surface area contributed by atoms with Crippen LogP contribution in [0.1, 0.15) is 18.4 Å². The number of rotatable bonds is 6. The van der Waals surface area contributed by atoms with Crippen LogP contribution in [0.3, 0.4) is 0 Å². The van der Waals surface area contributed by atoms with Crippen molar-refractivity contribution in [1.29, 1.82) is 0 Å². The average Bonchev–Trinajstić information content (AvgIpc) is 2.67. The zero-order valence-corrected chi connectivity index (χ0v) is 14.9. The molecule has 5 heteroatoms. The highest BCUT2D eigenvalue weighted by atomic mass is 16.2. The third kappa shape index (κ3) is 4.92. The fraction of sp³-hybridized carbons (Fsp3) is 0.333. The largest absolute Gasteiger partial charge is 0.369 e. The van der Waals surface area contributed by atoms with Crippen LogP contribution in [0.15, 0.2) is 54.6 Å². The minimum Gasteiger partial charge on any atom is -0.369 e. The van der Waals surface area contributed by atoms with Crippen LogP contribution >= 0.6 is 0 Å². The van der Waals surface area contributed by atoms with Crippen LogP contribution in [-0.2, 0) is 16.1 Å². The number of piperidine rings is 1. The van der Waals surface area contributed by atoms with E-state index in [-0.39, 0.29) is 24.3 Å². The van der Waals surface area contributed by atoms with Gasteiger partial charge in [-0.05, 0) is 42.1 Å². The fourth-order valence-corrected chi connectivity index (χ4v) is 3.46. The number of hydrogen-bond donors (Lipinski definition) is 2. The molecule has 2 aromatic rings. The molecule has 1 aliphatic heterocycles.